The number of anilines is 1. The molecule has 4 aromatic carbocycles. The van der Waals surface area contributed by atoms with Crippen molar-refractivity contribution < 1.29 is 14.0 Å². The van der Waals surface area contributed by atoms with Crippen LogP contribution >= 0.6 is 0 Å². The van der Waals surface area contributed by atoms with Gasteiger partial charge in [0.2, 0.25) is 5.91 Å². The second-order valence-corrected chi connectivity index (χ2v) is 10.9. The molecule has 1 N–H and O–H groups in total. The first kappa shape index (κ1) is 30.4. The molecule has 0 fully saturated rings. The van der Waals surface area contributed by atoms with Crippen molar-refractivity contribution in [2.24, 2.45) is 0 Å². The van der Waals surface area contributed by atoms with Crippen LogP contribution in [0.25, 0.3) is 16.9 Å². The summed E-state index contributed by atoms with van der Waals surface area (Å²) < 4.78 is 15.3. The molecule has 0 aliphatic rings. The van der Waals surface area contributed by atoms with Gasteiger partial charge in [0.25, 0.3) is 5.91 Å². The van der Waals surface area contributed by atoms with Gasteiger partial charge in [-0.1, -0.05) is 99.0 Å². The Bertz CT molecular complexity index is 1650. The molecule has 1 aromatic heterocycles. The largest absolute Gasteiger partial charge is 0.325 e. The third-order valence-electron chi connectivity index (χ3n) is 7.48. The molecule has 0 aliphatic carbocycles. The maximum absolute atomic E-state index is 13.7. The monoisotopic (exact) mass is 588 g/mol. The number of hydrogen-bond donors (Lipinski definition) is 1. The summed E-state index contributed by atoms with van der Waals surface area (Å²) in [5, 5.41) is 7.65. The minimum Gasteiger partial charge on any atom is -0.325 e. The average Bonchev–Trinajstić information content (AvgIpc) is 3.47. The van der Waals surface area contributed by atoms with Crippen molar-refractivity contribution in [1.29, 1.82) is 0 Å². The summed E-state index contributed by atoms with van der Waals surface area (Å²) in [5.74, 6) is -0.544. The van der Waals surface area contributed by atoms with E-state index in [1.54, 1.807) is 27.8 Å². The van der Waals surface area contributed by atoms with Gasteiger partial charge in [-0.05, 0) is 60.4 Å². The van der Waals surface area contributed by atoms with Crippen LogP contribution in [0.4, 0.5) is 10.2 Å². The van der Waals surface area contributed by atoms with Gasteiger partial charge in [-0.3, -0.25) is 9.59 Å². The minimum atomic E-state index is -0.371. The number of nitrogens with zero attached hydrogens (tertiary/aromatic N) is 3. The molecule has 0 aliphatic heterocycles. The number of benzene rings is 4. The molecule has 44 heavy (non-hydrogen) atoms. The summed E-state index contributed by atoms with van der Waals surface area (Å²) in [7, 11) is 0. The topological polar surface area (TPSA) is 67.2 Å². The SMILES string of the molecule is CCCCCCc1ccc(C(=O)N(CC(=O)Nc2cc(-c3ccccc3)nn2-c2ccc(F)cc2)Cc2ccccc2)cc1. The molecule has 1 heterocycles. The van der Waals surface area contributed by atoms with Gasteiger partial charge in [-0.2, -0.15) is 5.10 Å². The quantitative estimate of drug-likeness (QED) is 0.141. The maximum Gasteiger partial charge on any atom is 0.254 e. The summed E-state index contributed by atoms with van der Waals surface area (Å²) in [4.78, 5) is 28.9. The van der Waals surface area contributed by atoms with E-state index in [0.29, 0.717) is 22.8 Å². The highest BCUT2D eigenvalue weighted by Gasteiger charge is 2.21. The standard InChI is InChI=1S/C37H37FN4O2/c1-2-3-4-7-12-28-17-19-31(20-18-28)37(44)41(26-29-13-8-5-9-14-29)27-36(43)39-35-25-34(30-15-10-6-11-16-30)40-42(35)33-23-21-32(38)22-24-33/h5-6,8-11,13-25H,2-4,7,12,26-27H2,1H3,(H,39,43). The number of halogens is 1. The van der Waals surface area contributed by atoms with Crippen LogP contribution in [0.5, 0.6) is 0 Å². The van der Waals surface area contributed by atoms with E-state index in [-0.39, 0.29) is 30.7 Å². The fourth-order valence-corrected chi connectivity index (χ4v) is 5.11. The van der Waals surface area contributed by atoms with Gasteiger partial charge in [0.1, 0.15) is 18.2 Å². The van der Waals surface area contributed by atoms with E-state index in [9.17, 15) is 14.0 Å². The van der Waals surface area contributed by atoms with Crippen LogP contribution in [0.1, 0.15) is 54.1 Å². The van der Waals surface area contributed by atoms with E-state index < -0.39 is 0 Å². The molecule has 0 saturated carbocycles. The number of unbranched alkanes of at least 4 members (excludes halogenated alkanes) is 3. The van der Waals surface area contributed by atoms with Crippen molar-refractivity contribution in [2.45, 2.75) is 45.6 Å². The number of nitrogens with one attached hydrogen (secondary N) is 1. The van der Waals surface area contributed by atoms with Crippen LogP contribution in [0.2, 0.25) is 0 Å². The van der Waals surface area contributed by atoms with Crippen molar-refractivity contribution in [3.8, 4) is 16.9 Å². The van der Waals surface area contributed by atoms with Gasteiger partial charge in [0.05, 0.1) is 11.4 Å². The van der Waals surface area contributed by atoms with Crippen LogP contribution in [-0.2, 0) is 17.8 Å². The molecule has 0 radical (unpaired) electrons. The third-order valence-corrected chi connectivity index (χ3v) is 7.48. The predicted molar refractivity (Wildman–Crippen MR) is 173 cm³/mol. The molecule has 224 valence electrons. The van der Waals surface area contributed by atoms with Gasteiger partial charge in [-0.15, -0.1) is 0 Å². The lowest BCUT2D eigenvalue weighted by atomic mass is 10.0. The molecule has 2 amide bonds. The van der Waals surface area contributed by atoms with Crippen molar-refractivity contribution in [1.82, 2.24) is 14.7 Å². The number of aromatic nitrogens is 2. The van der Waals surface area contributed by atoms with E-state index in [1.807, 2.05) is 84.9 Å². The second-order valence-electron chi connectivity index (χ2n) is 10.9. The number of aryl methyl sites for hydroxylation is 1. The normalized spacial score (nSPS) is 10.9. The average molecular weight is 589 g/mol. The smallest absolute Gasteiger partial charge is 0.254 e. The number of carbonyl (C=O) groups is 2. The lowest BCUT2D eigenvalue weighted by Gasteiger charge is -2.23. The first-order chi connectivity index (χ1) is 21.5. The molecule has 7 heteroatoms. The highest BCUT2D eigenvalue weighted by molar-refractivity contribution is 5.99. The minimum absolute atomic E-state index is 0.165. The Morgan fingerprint density at radius 1 is 0.795 bits per heavy atom. The van der Waals surface area contributed by atoms with E-state index >= 15 is 0 Å². The molecular formula is C37H37FN4O2. The first-order valence-electron chi connectivity index (χ1n) is 15.1. The zero-order valence-electron chi connectivity index (χ0n) is 25.0. The number of rotatable bonds is 13. The van der Waals surface area contributed by atoms with E-state index in [1.165, 1.54) is 37.0 Å². The first-order valence-corrected chi connectivity index (χ1v) is 15.1. The number of carbonyl (C=O) groups excluding carboxylic acids is 2. The van der Waals surface area contributed by atoms with E-state index in [0.717, 1.165) is 24.0 Å². The molecule has 0 bridgehead atoms. The lowest BCUT2D eigenvalue weighted by Crippen LogP contribution is -2.37. The molecule has 0 spiro atoms. The summed E-state index contributed by atoms with van der Waals surface area (Å²) >= 11 is 0. The van der Waals surface area contributed by atoms with Crippen LogP contribution < -0.4 is 5.32 Å². The molecule has 6 nitrogen and oxygen atoms in total. The summed E-state index contributed by atoms with van der Waals surface area (Å²) in [6.45, 7) is 2.31. The Balaban J connectivity index is 1.37. The van der Waals surface area contributed by atoms with Crippen LogP contribution in [0, 0.1) is 5.82 Å². The van der Waals surface area contributed by atoms with Crippen LogP contribution in [-0.4, -0.2) is 33.0 Å². The number of hydrogen-bond acceptors (Lipinski definition) is 3. The van der Waals surface area contributed by atoms with Crippen molar-refractivity contribution in [3.05, 3.63) is 138 Å². The summed E-state index contributed by atoms with van der Waals surface area (Å²) in [6, 6.07) is 34.6. The van der Waals surface area contributed by atoms with Crippen LogP contribution in [0.3, 0.4) is 0 Å². The van der Waals surface area contributed by atoms with Gasteiger partial charge < -0.3 is 10.2 Å². The lowest BCUT2D eigenvalue weighted by molar-refractivity contribution is -0.117. The predicted octanol–water partition coefficient (Wildman–Crippen LogP) is 8.08. The van der Waals surface area contributed by atoms with Crippen molar-refractivity contribution in [2.75, 3.05) is 11.9 Å². The fraction of sp³-hybridized carbons (Fsp3) is 0.216. The van der Waals surface area contributed by atoms with Crippen molar-refractivity contribution in [3.63, 3.8) is 0 Å². The second kappa shape index (κ2) is 14.9. The Labute approximate surface area is 258 Å². The van der Waals surface area contributed by atoms with Crippen molar-refractivity contribution >= 4 is 17.6 Å². The third kappa shape index (κ3) is 8.07. The summed E-state index contributed by atoms with van der Waals surface area (Å²) in [6.07, 6.45) is 5.73. The Kier molecular flexibility index (Phi) is 10.3. The molecular weight excluding hydrogens is 551 g/mol. The van der Waals surface area contributed by atoms with E-state index in [4.69, 9.17) is 5.10 Å². The zero-order valence-corrected chi connectivity index (χ0v) is 25.0. The maximum atomic E-state index is 13.7. The molecule has 0 saturated heterocycles. The molecule has 5 aromatic rings. The Morgan fingerprint density at radius 3 is 2.16 bits per heavy atom. The van der Waals surface area contributed by atoms with Gasteiger partial charge >= 0.3 is 0 Å². The Morgan fingerprint density at radius 2 is 1.48 bits per heavy atom. The molecule has 0 unspecified atom stereocenters. The van der Waals surface area contributed by atoms with Gasteiger partial charge in [0.15, 0.2) is 0 Å². The van der Waals surface area contributed by atoms with E-state index in [2.05, 4.69) is 12.2 Å². The highest BCUT2D eigenvalue weighted by Crippen LogP contribution is 2.25. The molecule has 5 rings (SSSR count). The van der Waals surface area contributed by atoms with Crippen LogP contribution in [0.15, 0.2) is 115 Å². The highest BCUT2D eigenvalue weighted by atomic mass is 19.1. The number of amides is 2. The van der Waals surface area contributed by atoms with Gasteiger partial charge in [-0.25, -0.2) is 9.07 Å². The fourth-order valence-electron chi connectivity index (χ4n) is 5.11. The molecule has 0 atom stereocenters. The summed E-state index contributed by atoms with van der Waals surface area (Å²) in [5.41, 5.74) is 4.78. The van der Waals surface area contributed by atoms with Gasteiger partial charge in [0, 0.05) is 23.7 Å². The zero-order chi connectivity index (χ0) is 30.7. The Hall–Kier alpha value is -5.04.